The van der Waals surface area contributed by atoms with Gasteiger partial charge in [-0.25, -0.2) is 9.78 Å². The Morgan fingerprint density at radius 2 is 2.33 bits per heavy atom. The molecule has 98 valence electrons. The summed E-state index contributed by atoms with van der Waals surface area (Å²) >= 11 is 5.62. The monoisotopic (exact) mass is 273 g/mol. The minimum Gasteiger partial charge on any atom is -0.480 e. The van der Waals surface area contributed by atoms with E-state index in [-0.39, 0.29) is 22.9 Å². The van der Waals surface area contributed by atoms with Crippen LogP contribution < -0.4 is 5.32 Å². The molecule has 1 atom stereocenters. The van der Waals surface area contributed by atoms with Gasteiger partial charge in [0.05, 0.1) is 9.95 Å². The van der Waals surface area contributed by atoms with Crippen LogP contribution in [0.4, 0.5) is 11.5 Å². The SMILES string of the molecule is CCC(C)(Nc1ncc(Cl)cc1[N+](=O)[O-])C(=O)O. The number of aliphatic carboxylic acids is 1. The van der Waals surface area contributed by atoms with Crippen molar-refractivity contribution in [3.63, 3.8) is 0 Å². The van der Waals surface area contributed by atoms with Crippen molar-refractivity contribution in [3.8, 4) is 0 Å². The third kappa shape index (κ3) is 2.86. The van der Waals surface area contributed by atoms with E-state index in [4.69, 9.17) is 16.7 Å². The van der Waals surface area contributed by atoms with E-state index in [9.17, 15) is 14.9 Å². The Balaban J connectivity index is 3.18. The molecular formula is C10H12ClN3O4. The van der Waals surface area contributed by atoms with Crippen LogP contribution >= 0.6 is 11.6 Å². The van der Waals surface area contributed by atoms with Gasteiger partial charge in [0.25, 0.3) is 0 Å². The molecule has 0 aliphatic rings. The zero-order valence-electron chi connectivity index (χ0n) is 9.81. The predicted octanol–water partition coefficient (Wildman–Crippen LogP) is 2.31. The summed E-state index contributed by atoms with van der Waals surface area (Å²) in [5, 5.41) is 22.6. The molecule has 7 nitrogen and oxygen atoms in total. The highest BCUT2D eigenvalue weighted by atomic mass is 35.5. The number of carboxylic acid groups (broad SMARTS) is 1. The smallest absolute Gasteiger partial charge is 0.329 e. The van der Waals surface area contributed by atoms with Crippen LogP contribution in [0.1, 0.15) is 20.3 Å². The van der Waals surface area contributed by atoms with Crippen LogP contribution in [0.15, 0.2) is 12.3 Å². The van der Waals surface area contributed by atoms with Gasteiger partial charge in [-0.3, -0.25) is 10.1 Å². The molecular weight excluding hydrogens is 262 g/mol. The van der Waals surface area contributed by atoms with Crippen molar-refractivity contribution in [2.24, 2.45) is 0 Å². The van der Waals surface area contributed by atoms with Crippen LogP contribution in [0, 0.1) is 10.1 Å². The van der Waals surface area contributed by atoms with Gasteiger partial charge in [-0.05, 0) is 13.3 Å². The summed E-state index contributed by atoms with van der Waals surface area (Å²) in [7, 11) is 0. The van der Waals surface area contributed by atoms with E-state index < -0.39 is 16.4 Å². The number of nitrogens with zero attached hydrogens (tertiary/aromatic N) is 2. The molecule has 1 unspecified atom stereocenters. The van der Waals surface area contributed by atoms with Crippen molar-refractivity contribution in [1.82, 2.24) is 4.98 Å². The van der Waals surface area contributed by atoms with Crippen molar-refractivity contribution >= 4 is 29.1 Å². The van der Waals surface area contributed by atoms with Gasteiger partial charge in [0.2, 0.25) is 5.82 Å². The molecule has 1 aromatic rings. The van der Waals surface area contributed by atoms with Crippen molar-refractivity contribution in [2.75, 3.05) is 5.32 Å². The van der Waals surface area contributed by atoms with Crippen LogP contribution in [0.2, 0.25) is 5.02 Å². The van der Waals surface area contributed by atoms with Gasteiger partial charge in [0, 0.05) is 12.3 Å². The molecule has 0 aromatic carbocycles. The first kappa shape index (κ1) is 14.2. The first-order valence-corrected chi connectivity index (χ1v) is 5.49. The standard InChI is InChI=1S/C10H12ClN3O4/c1-3-10(2,9(15)16)13-8-7(14(17)18)4-6(11)5-12-8/h4-5H,3H2,1-2H3,(H,12,13)(H,15,16). The van der Waals surface area contributed by atoms with Crippen molar-refractivity contribution in [2.45, 2.75) is 25.8 Å². The van der Waals surface area contributed by atoms with E-state index in [1.807, 2.05) is 0 Å². The minimum absolute atomic E-state index is 0.112. The van der Waals surface area contributed by atoms with Gasteiger partial charge in [0.1, 0.15) is 5.54 Å². The fourth-order valence-electron chi connectivity index (χ4n) is 1.22. The van der Waals surface area contributed by atoms with E-state index >= 15 is 0 Å². The van der Waals surface area contributed by atoms with Crippen LogP contribution in [-0.4, -0.2) is 26.5 Å². The number of hydrogen-bond acceptors (Lipinski definition) is 5. The molecule has 1 rings (SSSR count). The van der Waals surface area contributed by atoms with Crippen LogP contribution in [0.5, 0.6) is 0 Å². The summed E-state index contributed by atoms with van der Waals surface area (Å²) < 4.78 is 0. The lowest BCUT2D eigenvalue weighted by atomic mass is 9.99. The Kier molecular flexibility index (Phi) is 4.07. The quantitative estimate of drug-likeness (QED) is 0.630. The first-order chi connectivity index (χ1) is 8.30. The summed E-state index contributed by atoms with van der Waals surface area (Å²) in [6.45, 7) is 3.08. The Morgan fingerprint density at radius 3 is 2.78 bits per heavy atom. The number of nitrogens with one attached hydrogen (secondary N) is 1. The van der Waals surface area contributed by atoms with Gasteiger partial charge in [0.15, 0.2) is 0 Å². The molecule has 0 saturated carbocycles. The van der Waals surface area contributed by atoms with Crippen molar-refractivity contribution < 1.29 is 14.8 Å². The second-order valence-corrected chi connectivity index (χ2v) is 4.33. The molecule has 0 amide bonds. The maximum absolute atomic E-state index is 11.1. The first-order valence-electron chi connectivity index (χ1n) is 5.11. The van der Waals surface area contributed by atoms with E-state index in [1.54, 1.807) is 6.92 Å². The fraction of sp³-hybridized carbons (Fsp3) is 0.400. The van der Waals surface area contributed by atoms with Gasteiger partial charge >= 0.3 is 11.7 Å². The summed E-state index contributed by atoms with van der Waals surface area (Å²) in [4.78, 5) is 25.1. The molecule has 0 saturated heterocycles. The van der Waals surface area contributed by atoms with Crippen LogP contribution in [0.3, 0.4) is 0 Å². The van der Waals surface area contributed by atoms with Crippen molar-refractivity contribution in [1.29, 1.82) is 0 Å². The molecule has 8 heteroatoms. The Morgan fingerprint density at radius 1 is 1.72 bits per heavy atom. The molecule has 0 fully saturated rings. The normalized spacial score (nSPS) is 13.7. The van der Waals surface area contributed by atoms with E-state index in [2.05, 4.69) is 10.3 Å². The minimum atomic E-state index is -1.33. The second-order valence-electron chi connectivity index (χ2n) is 3.89. The number of carbonyl (C=O) groups is 1. The Bertz CT molecular complexity index is 494. The third-order valence-electron chi connectivity index (χ3n) is 2.60. The average molecular weight is 274 g/mol. The van der Waals surface area contributed by atoms with Crippen LogP contribution in [-0.2, 0) is 4.79 Å². The highest BCUT2D eigenvalue weighted by molar-refractivity contribution is 6.30. The second kappa shape index (κ2) is 5.18. The summed E-state index contributed by atoms with van der Waals surface area (Å²) in [6.07, 6.45) is 1.46. The largest absolute Gasteiger partial charge is 0.480 e. The number of rotatable bonds is 5. The third-order valence-corrected chi connectivity index (χ3v) is 2.81. The van der Waals surface area contributed by atoms with Gasteiger partial charge in [-0.2, -0.15) is 0 Å². The maximum Gasteiger partial charge on any atom is 0.329 e. The number of pyridine rings is 1. The number of hydrogen-bond donors (Lipinski definition) is 2. The highest BCUT2D eigenvalue weighted by Gasteiger charge is 2.33. The zero-order valence-corrected chi connectivity index (χ0v) is 10.6. The summed E-state index contributed by atoms with van der Waals surface area (Å²) in [6, 6.07) is 1.12. The van der Waals surface area contributed by atoms with Gasteiger partial charge < -0.3 is 10.4 Å². The number of nitro groups is 1. The molecule has 0 aliphatic carbocycles. The Labute approximate surface area is 108 Å². The topological polar surface area (TPSA) is 105 Å². The summed E-state index contributed by atoms with van der Waals surface area (Å²) in [5.74, 6) is -1.23. The number of anilines is 1. The predicted molar refractivity (Wildman–Crippen MR) is 65.9 cm³/mol. The summed E-state index contributed by atoms with van der Waals surface area (Å²) in [5.41, 5.74) is -1.69. The lowest BCUT2D eigenvalue weighted by Crippen LogP contribution is -2.43. The molecule has 0 aliphatic heterocycles. The lowest BCUT2D eigenvalue weighted by molar-refractivity contribution is -0.384. The molecule has 0 bridgehead atoms. The van der Waals surface area contributed by atoms with E-state index in [0.717, 1.165) is 6.07 Å². The van der Waals surface area contributed by atoms with E-state index in [1.165, 1.54) is 13.1 Å². The fourth-order valence-corrected chi connectivity index (χ4v) is 1.37. The molecule has 0 spiro atoms. The van der Waals surface area contributed by atoms with Gasteiger partial charge in [-0.1, -0.05) is 18.5 Å². The molecule has 18 heavy (non-hydrogen) atoms. The number of halogens is 1. The molecule has 2 N–H and O–H groups in total. The van der Waals surface area contributed by atoms with Crippen LogP contribution in [0.25, 0.3) is 0 Å². The maximum atomic E-state index is 11.1. The zero-order chi connectivity index (χ0) is 13.9. The Hall–Kier alpha value is -1.89. The average Bonchev–Trinajstić information content (AvgIpc) is 2.30. The van der Waals surface area contributed by atoms with Crippen molar-refractivity contribution in [3.05, 3.63) is 27.4 Å². The number of carboxylic acids is 1. The molecule has 0 radical (unpaired) electrons. The number of aromatic nitrogens is 1. The highest BCUT2D eigenvalue weighted by Crippen LogP contribution is 2.28. The lowest BCUT2D eigenvalue weighted by Gasteiger charge is -2.24. The van der Waals surface area contributed by atoms with E-state index in [0.29, 0.717) is 0 Å². The molecule has 1 aromatic heterocycles. The molecule has 1 heterocycles. The van der Waals surface area contributed by atoms with Gasteiger partial charge in [-0.15, -0.1) is 0 Å².